The number of nitrogens with one attached hydrogen (secondary N) is 1. The maximum absolute atomic E-state index is 12.0. The molecule has 5 heteroatoms. The first-order valence-electron chi connectivity index (χ1n) is 6.14. The number of carbonyl (C=O) groups excluding carboxylic acids is 1. The lowest BCUT2D eigenvalue weighted by atomic mass is 10.1. The van der Waals surface area contributed by atoms with Gasteiger partial charge in [0.05, 0.1) is 6.10 Å². The molecule has 0 spiro atoms. The topological polar surface area (TPSA) is 62.5 Å². The number of rotatable bonds is 4. The summed E-state index contributed by atoms with van der Waals surface area (Å²) in [5.41, 5.74) is 1.52. The van der Waals surface area contributed by atoms with Crippen molar-refractivity contribution in [2.24, 2.45) is 0 Å². The molecule has 0 aliphatic heterocycles. The second-order valence-corrected chi connectivity index (χ2v) is 5.51. The molecule has 0 aliphatic rings. The van der Waals surface area contributed by atoms with Gasteiger partial charge >= 0.3 is 0 Å². The Labute approximate surface area is 119 Å². The standard InChI is InChI=1S/C14H16BrNO3/c1-8(17)5-6-16-14(18)13-9(2)11-7-10(15)3-4-12(11)19-13/h3-4,7-8,17H,5-6H2,1-2H3,(H,16,18). The molecule has 1 unspecified atom stereocenters. The van der Waals surface area contributed by atoms with Gasteiger partial charge in [-0.25, -0.2) is 0 Å². The third kappa shape index (κ3) is 3.16. The van der Waals surface area contributed by atoms with Gasteiger partial charge in [0.15, 0.2) is 5.76 Å². The van der Waals surface area contributed by atoms with E-state index in [0.29, 0.717) is 24.3 Å². The predicted octanol–water partition coefficient (Wildman–Crippen LogP) is 3.00. The van der Waals surface area contributed by atoms with Gasteiger partial charge in [-0.1, -0.05) is 15.9 Å². The van der Waals surface area contributed by atoms with Crippen molar-refractivity contribution in [3.8, 4) is 0 Å². The van der Waals surface area contributed by atoms with E-state index in [0.717, 1.165) is 15.4 Å². The third-order valence-electron chi connectivity index (χ3n) is 2.95. The molecule has 2 N–H and O–H groups in total. The first kappa shape index (κ1) is 14.1. The quantitative estimate of drug-likeness (QED) is 0.908. The highest BCUT2D eigenvalue weighted by Crippen LogP contribution is 2.27. The van der Waals surface area contributed by atoms with Gasteiger partial charge in [-0.3, -0.25) is 4.79 Å². The van der Waals surface area contributed by atoms with Gasteiger partial charge in [0.25, 0.3) is 5.91 Å². The van der Waals surface area contributed by atoms with Crippen LogP contribution in [0.4, 0.5) is 0 Å². The van der Waals surface area contributed by atoms with Gasteiger partial charge in [0, 0.05) is 22.0 Å². The largest absolute Gasteiger partial charge is 0.451 e. The second-order valence-electron chi connectivity index (χ2n) is 4.59. The predicted molar refractivity (Wildman–Crippen MR) is 77.3 cm³/mol. The number of hydrogen-bond acceptors (Lipinski definition) is 3. The van der Waals surface area contributed by atoms with Gasteiger partial charge in [-0.05, 0) is 38.5 Å². The van der Waals surface area contributed by atoms with Crippen LogP contribution in [0.15, 0.2) is 27.1 Å². The molecule has 0 bridgehead atoms. The smallest absolute Gasteiger partial charge is 0.287 e. The van der Waals surface area contributed by atoms with Crippen molar-refractivity contribution in [2.75, 3.05) is 6.54 Å². The van der Waals surface area contributed by atoms with E-state index in [-0.39, 0.29) is 5.91 Å². The Morgan fingerprint density at radius 1 is 1.53 bits per heavy atom. The average Bonchev–Trinajstić information content (AvgIpc) is 2.66. The third-order valence-corrected chi connectivity index (χ3v) is 3.45. The zero-order valence-corrected chi connectivity index (χ0v) is 12.5. The lowest BCUT2D eigenvalue weighted by molar-refractivity contribution is 0.0919. The number of hydrogen-bond donors (Lipinski definition) is 2. The van der Waals surface area contributed by atoms with Crippen molar-refractivity contribution in [3.63, 3.8) is 0 Å². The molecule has 2 aromatic rings. The Bertz CT molecular complexity index is 604. The molecule has 1 aromatic heterocycles. The van der Waals surface area contributed by atoms with Crippen molar-refractivity contribution in [3.05, 3.63) is 34.0 Å². The van der Waals surface area contributed by atoms with Crippen LogP contribution >= 0.6 is 15.9 Å². The molecule has 19 heavy (non-hydrogen) atoms. The highest BCUT2D eigenvalue weighted by molar-refractivity contribution is 9.10. The Morgan fingerprint density at radius 2 is 2.26 bits per heavy atom. The van der Waals surface area contributed by atoms with Crippen molar-refractivity contribution >= 4 is 32.8 Å². The van der Waals surface area contributed by atoms with E-state index in [1.807, 2.05) is 25.1 Å². The summed E-state index contributed by atoms with van der Waals surface area (Å²) in [5.74, 6) is 0.0872. The maximum Gasteiger partial charge on any atom is 0.287 e. The minimum absolute atomic E-state index is 0.245. The second kappa shape index (κ2) is 5.75. The van der Waals surface area contributed by atoms with Crippen LogP contribution in [-0.2, 0) is 0 Å². The molecule has 1 heterocycles. The first-order chi connectivity index (χ1) is 8.99. The van der Waals surface area contributed by atoms with Crippen LogP contribution in [-0.4, -0.2) is 23.7 Å². The molecule has 4 nitrogen and oxygen atoms in total. The van der Waals surface area contributed by atoms with Gasteiger partial charge in [-0.15, -0.1) is 0 Å². The van der Waals surface area contributed by atoms with Crippen LogP contribution in [0.2, 0.25) is 0 Å². The number of halogens is 1. The van der Waals surface area contributed by atoms with E-state index in [4.69, 9.17) is 9.52 Å². The van der Waals surface area contributed by atoms with E-state index in [2.05, 4.69) is 21.2 Å². The summed E-state index contributed by atoms with van der Waals surface area (Å²) in [5, 5.41) is 12.8. The molecule has 2 rings (SSSR count). The van der Waals surface area contributed by atoms with Crippen LogP contribution in [0.25, 0.3) is 11.0 Å². The fourth-order valence-electron chi connectivity index (χ4n) is 1.88. The summed E-state index contributed by atoms with van der Waals surface area (Å²) in [7, 11) is 0. The Balaban J connectivity index is 2.20. The molecule has 0 radical (unpaired) electrons. The van der Waals surface area contributed by atoms with Crippen molar-refractivity contribution < 1.29 is 14.3 Å². The van der Waals surface area contributed by atoms with Crippen molar-refractivity contribution in [1.82, 2.24) is 5.32 Å². The van der Waals surface area contributed by atoms with Crippen LogP contribution in [0, 0.1) is 6.92 Å². The number of aryl methyl sites for hydroxylation is 1. The van der Waals surface area contributed by atoms with E-state index in [9.17, 15) is 4.79 Å². The molecule has 0 saturated carbocycles. The molecule has 0 saturated heterocycles. The zero-order valence-electron chi connectivity index (χ0n) is 10.9. The average molecular weight is 326 g/mol. The summed E-state index contributed by atoms with van der Waals surface area (Å²) in [4.78, 5) is 12.0. The SMILES string of the molecule is Cc1c(C(=O)NCCC(C)O)oc2ccc(Br)cc12. The Hall–Kier alpha value is -1.33. The minimum atomic E-state index is -0.423. The van der Waals surface area contributed by atoms with E-state index in [1.165, 1.54) is 0 Å². The molecule has 102 valence electrons. The fraction of sp³-hybridized carbons (Fsp3) is 0.357. The number of carbonyl (C=O) groups is 1. The minimum Gasteiger partial charge on any atom is -0.451 e. The number of aliphatic hydroxyl groups is 1. The number of benzene rings is 1. The summed E-state index contributed by atoms with van der Waals surface area (Å²) >= 11 is 3.40. The number of amides is 1. The van der Waals surface area contributed by atoms with Crippen LogP contribution in [0.5, 0.6) is 0 Å². The van der Waals surface area contributed by atoms with Gasteiger partial charge < -0.3 is 14.8 Å². The molecule has 1 amide bonds. The van der Waals surface area contributed by atoms with E-state index in [1.54, 1.807) is 6.92 Å². The molecule has 0 fully saturated rings. The monoisotopic (exact) mass is 325 g/mol. The van der Waals surface area contributed by atoms with Crippen LogP contribution in [0.1, 0.15) is 29.5 Å². The first-order valence-corrected chi connectivity index (χ1v) is 6.93. The Kier molecular flexibility index (Phi) is 4.27. The highest BCUT2D eigenvalue weighted by Gasteiger charge is 2.17. The van der Waals surface area contributed by atoms with Crippen molar-refractivity contribution in [2.45, 2.75) is 26.4 Å². The molecular formula is C14H16BrNO3. The molecular weight excluding hydrogens is 310 g/mol. The molecule has 1 atom stereocenters. The van der Waals surface area contributed by atoms with Gasteiger partial charge in [-0.2, -0.15) is 0 Å². The number of furan rings is 1. The highest BCUT2D eigenvalue weighted by atomic mass is 79.9. The normalized spacial score (nSPS) is 12.6. The lowest BCUT2D eigenvalue weighted by Gasteiger charge is -2.05. The lowest BCUT2D eigenvalue weighted by Crippen LogP contribution is -2.26. The number of fused-ring (bicyclic) bond motifs is 1. The van der Waals surface area contributed by atoms with Crippen LogP contribution in [0.3, 0.4) is 0 Å². The summed E-state index contributed by atoms with van der Waals surface area (Å²) < 4.78 is 6.53. The summed E-state index contributed by atoms with van der Waals surface area (Å²) in [6, 6.07) is 5.64. The summed E-state index contributed by atoms with van der Waals surface area (Å²) in [6.07, 6.45) is 0.101. The zero-order chi connectivity index (χ0) is 14.0. The van der Waals surface area contributed by atoms with E-state index < -0.39 is 6.10 Å². The van der Waals surface area contributed by atoms with Crippen LogP contribution < -0.4 is 5.32 Å². The van der Waals surface area contributed by atoms with Crippen molar-refractivity contribution in [1.29, 1.82) is 0 Å². The van der Waals surface area contributed by atoms with Gasteiger partial charge in [0.2, 0.25) is 0 Å². The maximum atomic E-state index is 12.0. The molecule has 1 aromatic carbocycles. The fourth-order valence-corrected chi connectivity index (χ4v) is 2.25. The number of aliphatic hydroxyl groups excluding tert-OH is 1. The summed E-state index contributed by atoms with van der Waals surface area (Å²) in [6.45, 7) is 3.98. The van der Waals surface area contributed by atoms with Gasteiger partial charge in [0.1, 0.15) is 5.58 Å². The molecule has 0 aliphatic carbocycles. The Morgan fingerprint density at radius 3 is 2.95 bits per heavy atom. The van der Waals surface area contributed by atoms with E-state index >= 15 is 0 Å².